The molecule has 2 heterocycles. The second kappa shape index (κ2) is 5.01. The number of nitro groups is 1. The number of aliphatic hydroxyl groups is 1. The van der Waals surface area contributed by atoms with Gasteiger partial charge in [-0.1, -0.05) is 6.07 Å². The first kappa shape index (κ1) is 14.1. The smallest absolute Gasteiger partial charge is 0.307 e. The molecule has 0 saturated carbocycles. The predicted octanol–water partition coefficient (Wildman–Crippen LogP) is 2.02. The lowest BCUT2D eigenvalue weighted by Crippen LogP contribution is -2.18. The highest BCUT2D eigenvalue weighted by Gasteiger charge is 2.19. The Balaban J connectivity index is 2.24. The Morgan fingerprint density at radius 1 is 1.40 bits per heavy atom. The van der Waals surface area contributed by atoms with Crippen LogP contribution in [0.5, 0.6) is 0 Å². The van der Waals surface area contributed by atoms with Gasteiger partial charge in [-0.15, -0.1) is 0 Å². The van der Waals surface area contributed by atoms with Crippen LogP contribution < -0.4 is 0 Å². The molecule has 2 rings (SSSR count). The summed E-state index contributed by atoms with van der Waals surface area (Å²) in [5, 5.41) is 24.5. The summed E-state index contributed by atoms with van der Waals surface area (Å²) in [6, 6.07) is 3.40. The summed E-state index contributed by atoms with van der Waals surface area (Å²) >= 11 is 0. The lowest BCUT2D eigenvalue weighted by Gasteiger charge is -2.18. The molecular formula is C13H16N4O3. The van der Waals surface area contributed by atoms with E-state index in [9.17, 15) is 15.2 Å². The molecule has 2 aromatic heterocycles. The summed E-state index contributed by atoms with van der Waals surface area (Å²) in [5.41, 5.74) is 0.389. The molecule has 0 aliphatic carbocycles. The zero-order valence-corrected chi connectivity index (χ0v) is 11.5. The molecule has 0 aromatic carbocycles. The normalized spacial score (nSPS) is 13.2. The molecule has 2 aromatic rings. The van der Waals surface area contributed by atoms with Crippen molar-refractivity contribution in [3.63, 3.8) is 0 Å². The van der Waals surface area contributed by atoms with Gasteiger partial charge in [0.15, 0.2) is 0 Å². The van der Waals surface area contributed by atoms with Gasteiger partial charge in [0.1, 0.15) is 18.0 Å². The molecule has 0 amide bonds. The third-order valence-electron chi connectivity index (χ3n) is 3.09. The van der Waals surface area contributed by atoms with Crippen molar-refractivity contribution < 1.29 is 10.0 Å². The van der Waals surface area contributed by atoms with Gasteiger partial charge in [-0.3, -0.25) is 19.8 Å². The zero-order valence-electron chi connectivity index (χ0n) is 11.5. The molecule has 0 saturated heterocycles. The number of hydrogen-bond acceptors (Lipinski definition) is 5. The Morgan fingerprint density at radius 2 is 2.10 bits per heavy atom. The van der Waals surface area contributed by atoms with Gasteiger partial charge in [0, 0.05) is 6.20 Å². The zero-order chi connectivity index (χ0) is 14.9. The van der Waals surface area contributed by atoms with Crippen molar-refractivity contribution in [1.82, 2.24) is 14.8 Å². The minimum Gasteiger partial charge on any atom is -0.384 e. The first-order valence-corrected chi connectivity index (χ1v) is 6.16. The molecular weight excluding hydrogens is 260 g/mol. The molecule has 0 radical (unpaired) electrons. The average Bonchev–Trinajstić information content (AvgIpc) is 2.86. The molecule has 0 spiro atoms. The van der Waals surface area contributed by atoms with Crippen molar-refractivity contribution in [2.45, 2.75) is 32.4 Å². The molecule has 20 heavy (non-hydrogen) atoms. The van der Waals surface area contributed by atoms with Crippen LogP contribution in [0.2, 0.25) is 0 Å². The van der Waals surface area contributed by atoms with E-state index in [-0.39, 0.29) is 11.7 Å². The third kappa shape index (κ3) is 2.83. The van der Waals surface area contributed by atoms with Crippen molar-refractivity contribution in [2.24, 2.45) is 0 Å². The van der Waals surface area contributed by atoms with Gasteiger partial charge in [-0.05, 0) is 32.4 Å². The Hall–Kier alpha value is -2.28. The van der Waals surface area contributed by atoms with E-state index >= 15 is 0 Å². The molecule has 0 bridgehead atoms. The summed E-state index contributed by atoms with van der Waals surface area (Å²) in [4.78, 5) is 14.4. The SMILES string of the molecule is CC(c1ccc(C(C)(C)O)nc1)n1cc([N+](=O)[O-])cn1. The maximum absolute atomic E-state index is 10.6. The number of aromatic nitrogens is 3. The van der Waals surface area contributed by atoms with Crippen LogP contribution in [-0.2, 0) is 5.60 Å². The number of nitrogens with zero attached hydrogens (tertiary/aromatic N) is 4. The maximum atomic E-state index is 10.6. The van der Waals surface area contributed by atoms with Crippen LogP contribution in [-0.4, -0.2) is 24.8 Å². The predicted molar refractivity (Wildman–Crippen MR) is 72.2 cm³/mol. The minimum atomic E-state index is -0.994. The second-order valence-corrected chi connectivity index (χ2v) is 5.15. The number of rotatable bonds is 4. The summed E-state index contributed by atoms with van der Waals surface area (Å²) in [7, 11) is 0. The van der Waals surface area contributed by atoms with Gasteiger partial charge in [0.25, 0.3) is 0 Å². The van der Waals surface area contributed by atoms with Crippen LogP contribution in [0.4, 0.5) is 5.69 Å². The highest BCUT2D eigenvalue weighted by molar-refractivity contribution is 5.24. The lowest BCUT2D eigenvalue weighted by atomic mass is 10.0. The third-order valence-corrected chi connectivity index (χ3v) is 3.09. The molecule has 1 unspecified atom stereocenters. The Bertz CT molecular complexity index is 613. The van der Waals surface area contributed by atoms with Gasteiger partial charge >= 0.3 is 5.69 Å². The summed E-state index contributed by atoms with van der Waals surface area (Å²) in [6.07, 6.45) is 4.25. The van der Waals surface area contributed by atoms with Gasteiger partial charge in [0.05, 0.1) is 16.7 Å². The fourth-order valence-corrected chi connectivity index (χ4v) is 1.80. The van der Waals surface area contributed by atoms with Crippen LogP contribution in [0.15, 0.2) is 30.7 Å². The monoisotopic (exact) mass is 276 g/mol. The fraction of sp³-hybridized carbons (Fsp3) is 0.385. The first-order valence-electron chi connectivity index (χ1n) is 6.16. The Morgan fingerprint density at radius 3 is 2.55 bits per heavy atom. The van der Waals surface area contributed by atoms with Crippen molar-refractivity contribution in [2.75, 3.05) is 0 Å². The van der Waals surface area contributed by atoms with E-state index in [4.69, 9.17) is 0 Å². The van der Waals surface area contributed by atoms with Gasteiger partial charge in [-0.2, -0.15) is 5.10 Å². The summed E-state index contributed by atoms with van der Waals surface area (Å²) < 4.78 is 1.51. The van der Waals surface area contributed by atoms with Crippen LogP contribution in [0.3, 0.4) is 0 Å². The summed E-state index contributed by atoms with van der Waals surface area (Å²) in [6.45, 7) is 5.20. The topological polar surface area (TPSA) is 94.1 Å². The highest BCUT2D eigenvalue weighted by atomic mass is 16.6. The lowest BCUT2D eigenvalue weighted by molar-refractivity contribution is -0.385. The van der Waals surface area contributed by atoms with Gasteiger partial charge < -0.3 is 5.11 Å². The van der Waals surface area contributed by atoms with E-state index in [0.29, 0.717) is 5.69 Å². The van der Waals surface area contributed by atoms with Crippen molar-refractivity contribution in [1.29, 1.82) is 0 Å². The fourth-order valence-electron chi connectivity index (χ4n) is 1.80. The van der Waals surface area contributed by atoms with E-state index in [1.165, 1.54) is 17.1 Å². The van der Waals surface area contributed by atoms with Crippen molar-refractivity contribution in [3.05, 3.63) is 52.1 Å². The molecule has 0 fully saturated rings. The van der Waals surface area contributed by atoms with Crippen molar-refractivity contribution >= 4 is 5.69 Å². The Labute approximate surface area is 116 Å². The first-order chi connectivity index (χ1) is 9.29. The van der Waals surface area contributed by atoms with Crippen molar-refractivity contribution in [3.8, 4) is 0 Å². The standard InChI is InChI=1S/C13H16N4O3/c1-9(16-8-11(7-15-16)17(19)20)10-4-5-12(14-6-10)13(2,3)18/h4-9,18H,1-3H3. The largest absolute Gasteiger partial charge is 0.384 e. The molecule has 0 aliphatic heterocycles. The van der Waals surface area contributed by atoms with Crippen LogP contribution in [0.1, 0.15) is 38.1 Å². The quantitative estimate of drug-likeness (QED) is 0.681. The highest BCUT2D eigenvalue weighted by Crippen LogP contribution is 2.22. The minimum absolute atomic E-state index is 0.0436. The second-order valence-electron chi connectivity index (χ2n) is 5.15. The van der Waals surface area contributed by atoms with Crippen LogP contribution >= 0.6 is 0 Å². The van der Waals surface area contributed by atoms with E-state index < -0.39 is 10.5 Å². The Kier molecular flexibility index (Phi) is 3.54. The molecule has 106 valence electrons. The summed E-state index contributed by atoms with van der Waals surface area (Å²) in [5.74, 6) is 0. The number of pyridine rings is 1. The van der Waals surface area contributed by atoms with Gasteiger partial charge in [-0.25, -0.2) is 0 Å². The van der Waals surface area contributed by atoms with E-state index in [1.54, 1.807) is 26.1 Å². The van der Waals surface area contributed by atoms with Gasteiger partial charge in [0.2, 0.25) is 0 Å². The molecule has 1 atom stereocenters. The molecule has 1 N–H and O–H groups in total. The van der Waals surface area contributed by atoms with Crippen LogP contribution in [0.25, 0.3) is 0 Å². The molecule has 7 heteroatoms. The van der Waals surface area contributed by atoms with E-state index in [1.807, 2.05) is 13.0 Å². The molecule has 0 aliphatic rings. The van der Waals surface area contributed by atoms with E-state index in [0.717, 1.165) is 5.56 Å². The number of hydrogen-bond donors (Lipinski definition) is 1. The average molecular weight is 276 g/mol. The molecule has 7 nitrogen and oxygen atoms in total. The van der Waals surface area contributed by atoms with E-state index in [2.05, 4.69) is 10.1 Å². The van der Waals surface area contributed by atoms with Crippen LogP contribution in [0, 0.1) is 10.1 Å². The maximum Gasteiger partial charge on any atom is 0.307 e.